The van der Waals surface area contributed by atoms with Gasteiger partial charge < -0.3 is 5.32 Å². The zero-order chi connectivity index (χ0) is 16.4. The van der Waals surface area contributed by atoms with Gasteiger partial charge in [0, 0.05) is 16.6 Å². The van der Waals surface area contributed by atoms with Crippen LogP contribution in [0.4, 0.5) is 10.1 Å². The van der Waals surface area contributed by atoms with Gasteiger partial charge in [-0.3, -0.25) is 9.69 Å². The second-order valence-electron chi connectivity index (χ2n) is 5.71. The van der Waals surface area contributed by atoms with Gasteiger partial charge in [-0.2, -0.15) is 0 Å². The number of nitrogens with one attached hydrogen (secondary N) is 1. The van der Waals surface area contributed by atoms with Crippen molar-refractivity contribution in [2.75, 3.05) is 11.9 Å². The molecular weight excluding hydrogens is 335 g/mol. The third-order valence-electron chi connectivity index (χ3n) is 4.23. The van der Waals surface area contributed by atoms with Gasteiger partial charge in [-0.05, 0) is 56.0 Å². The van der Waals surface area contributed by atoms with Crippen molar-refractivity contribution in [3.63, 3.8) is 0 Å². The molecule has 1 fully saturated rings. The minimum Gasteiger partial charge on any atom is -0.325 e. The number of anilines is 1. The number of carbonyl (C=O) groups is 1. The first kappa shape index (κ1) is 16.4. The van der Waals surface area contributed by atoms with Crippen LogP contribution in [0.3, 0.4) is 0 Å². The van der Waals surface area contributed by atoms with Crippen molar-refractivity contribution in [3.8, 4) is 0 Å². The van der Waals surface area contributed by atoms with Crippen molar-refractivity contribution >= 4 is 34.5 Å². The predicted molar refractivity (Wildman–Crippen MR) is 92.5 cm³/mol. The van der Waals surface area contributed by atoms with E-state index >= 15 is 0 Å². The molecule has 1 aliphatic heterocycles. The standard InChI is InChI=1S/C17H18ClFN2OS/c1-11(17(22)20-12-6-7-14(19)13(18)10-12)21-8-2-4-15(21)16-5-3-9-23-16/h3,5-7,9-11,15H,2,4,8H2,1H3,(H,20,22). The lowest BCUT2D eigenvalue weighted by Gasteiger charge is -2.29. The summed E-state index contributed by atoms with van der Waals surface area (Å²) in [5.74, 6) is -0.592. The molecule has 0 radical (unpaired) electrons. The molecule has 6 heteroatoms. The van der Waals surface area contributed by atoms with Crippen molar-refractivity contribution in [1.29, 1.82) is 0 Å². The summed E-state index contributed by atoms with van der Waals surface area (Å²) in [6.07, 6.45) is 2.16. The van der Waals surface area contributed by atoms with E-state index in [9.17, 15) is 9.18 Å². The summed E-state index contributed by atoms with van der Waals surface area (Å²) in [7, 11) is 0. The van der Waals surface area contributed by atoms with E-state index in [1.165, 1.54) is 23.1 Å². The summed E-state index contributed by atoms with van der Waals surface area (Å²) < 4.78 is 13.2. The van der Waals surface area contributed by atoms with Crippen molar-refractivity contribution in [2.45, 2.75) is 31.8 Å². The highest BCUT2D eigenvalue weighted by molar-refractivity contribution is 7.10. The van der Waals surface area contributed by atoms with Crippen molar-refractivity contribution in [2.24, 2.45) is 0 Å². The second kappa shape index (κ2) is 6.99. The van der Waals surface area contributed by atoms with Crippen LogP contribution in [-0.2, 0) is 4.79 Å². The quantitative estimate of drug-likeness (QED) is 0.864. The molecule has 1 amide bonds. The SMILES string of the molecule is CC(C(=O)Nc1ccc(F)c(Cl)c1)N1CCCC1c1cccs1. The molecule has 122 valence electrons. The molecule has 2 atom stereocenters. The fourth-order valence-electron chi connectivity index (χ4n) is 3.01. The Hall–Kier alpha value is -1.43. The lowest BCUT2D eigenvalue weighted by Crippen LogP contribution is -2.41. The zero-order valence-electron chi connectivity index (χ0n) is 12.8. The lowest BCUT2D eigenvalue weighted by atomic mass is 10.1. The van der Waals surface area contributed by atoms with Crippen LogP contribution in [0.15, 0.2) is 35.7 Å². The lowest BCUT2D eigenvalue weighted by molar-refractivity contribution is -0.121. The summed E-state index contributed by atoms with van der Waals surface area (Å²) >= 11 is 7.49. The number of benzene rings is 1. The Kier molecular flexibility index (Phi) is 4.99. The largest absolute Gasteiger partial charge is 0.325 e. The average Bonchev–Trinajstić information content (AvgIpc) is 3.20. The Morgan fingerprint density at radius 2 is 2.30 bits per heavy atom. The van der Waals surface area contributed by atoms with Gasteiger partial charge in [-0.25, -0.2) is 4.39 Å². The van der Waals surface area contributed by atoms with Crippen LogP contribution in [0.2, 0.25) is 5.02 Å². The number of nitrogens with zero attached hydrogens (tertiary/aromatic N) is 1. The fraction of sp³-hybridized carbons (Fsp3) is 0.353. The number of halogens is 2. The summed E-state index contributed by atoms with van der Waals surface area (Å²) in [5, 5.41) is 4.90. The van der Waals surface area contributed by atoms with Crippen LogP contribution in [0.5, 0.6) is 0 Å². The first-order valence-corrected chi connectivity index (χ1v) is 8.87. The predicted octanol–water partition coefficient (Wildman–Crippen LogP) is 4.70. The maximum Gasteiger partial charge on any atom is 0.241 e. The number of hydrogen-bond acceptors (Lipinski definition) is 3. The molecule has 0 bridgehead atoms. The van der Waals surface area contributed by atoms with E-state index in [2.05, 4.69) is 21.7 Å². The molecule has 3 rings (SSSR count). The van der Waals surface area contributed by atoms with Gasteiger partial charge in [0.15, 0.2) is 0 Å². The molecule has 0 saturated carbocycles. The van der Waals surface area contributed by atoms with Gasteiger partial charge in [0.2, 0.25) is 5.91 Å². The van der Waals surface area contributed by atoms with E-state index in [0.717, 1.165) is 19.4 Å². The van der Waals surface area contributed by atoms with Crippen molar-refractivity contribution < 1.29 is 9.18 Å². The highest BCUT2D eigenvalue weighted by Gasteiger charge is 2.33. The number of rotatable bonds is 4. The summed E-state index contributed by atoms with van der Waals surface area (Å²) in [4.78, 5) is 16.1. The molecular formula is C17H18ClFN2OS. The van der Waals surface area contributed by atoms with Crippen LogP contribution in [-0.4, -0.2) is 23.4 Å². The average molecular weight is 353 g/mol. The van der Waals surface area contributed by atoms with Crippen LogP contribution >= 0.6 is 22.9 Å². The van der Waals surface area contributed by atoms with Crippen LogP contribution < -0.4 is 5.32 Å². The van der Waals surface area contributed by atoms with E-state index in [0.29, 0.717) is 11.7 Å². The topological polar surface area (TPSA) is 32.3 Å². The number of likely N-dealkylation sites (tertiary alicyclic amines) is 1. The van der Waals surface area contributed by atoms with Gasteiger partial charge in [0.1, 0.15) is 5.82 Å². The molecule has 2 aromatic rings. The highest BCUT2D eigenvalue weighted by atomic mass is 35.5. The van der Waals surface area contributed by atoms with E-state index in [-0.39, 0.29) is 17.0 Å². The van der Waals surface area contributed by atoms with Gasteiger partial charge >= 0.3 is 0 Å². The van der Waals surface area contributed by atoms with Crippen LogP contribution in [0.25, 0.3) is 0 Å². The Labute approximate surface area is 144 Å². The monoisotopic (exact) mass is 352 g/mol. The molecule has 1 aromatic carbocycles. The van der Waals surface area contributed by atoms with Gasteiger partial charge in [0.25, 0.3) is 0 Å². The molecule has 0 aliphatic carbocycles. The maximum absolute atomic E-state index is 13.2. The summed E-state index contributed by atoms with van der Waals surface area (Å²) in [5.41, 5.74) is 0.514. The van der Waals surface area contributed by atoms with Gasteiger partial charge in [-0.1, -0.05) is 17.7 Å². The highest BCUT2D eigenvalue weighted by Crippen LogP contribution is 2.36. The molecule has 2 unspecified atom stereocenters. The number of hydrogen-bond donors (Lipinski definition) is 1. The molecule has 1 aromatic heterocycles. The third-order valence-corrected chi connectivity index (χ3v) is 5.49. The van der Waals surface area contributed by atoms with Gasteiger partial charge in [-0.15, -0.1) is 11.3 Å². The fourth-order valence-corrected chi connectivity index (χ4v) is 4.07. The number of thiophene rings is 1. The summed E-state index contributed by atoms with van der Waals surface area (Å²) in [6.45, 7) is 2.81. The number of carbonyl (C=O) groups excluding carboxylic acids is 1. The summed E-state index contributed by atoms with van der Waals surface area (Å²) in [6, 6.07) is 8.42. The van der Waals surface area contributed by atoms with Crippen LogP contribution in [0, 0.1) is 5.82 Å². The zero-order valence-corrected chi connectivity index (χ0v) is 14.3. The molecule has 2 heterocycles. The first-order chi connectivity index (χ1) is 11.1. The van der Waals surface area contributed by atoms with Crippen molar-refractivity contribution in [3.05, 3.63) is 51.4 Å². The second-order valence-corrected chi connectivity index (χ2v) is 7.09. The molecule has 23 heavy (non-hydrogen) atoms. The third kappa shape index (κ3) is 3.57. The minimum absolute atomic E-state index is 0.00749. The number of amides is 1. The van der Waals surface area contributed by atoms with Crippen LogP contribution in [0.1, 0.15) is 30.7 Å². The first-order valence-electron chi connectivity index (χ1n) is 7.61. The molecule has 3 nitrogen and oxygen atoms in total. The van der Waals surface area contributed by atoms with E-state index < -0.39 is 5.82 Å². The molecule has 0 spiro atoms. The normalized spacial score (nSPS) is 19.7. The maximum atomic E-state index is 13.2. The molecule has 1 saturated heterocycles. The Bertz CT molecular complexity index is 692. The van der Waals surface area contributed by atoms with E-state index in [4.69, 9.17) is 11.6 Å². The van der Waals surface area contributed by atoms with Crippen molar-refractivity contribution in [1.82, 2.24) is 4.90 Å². The Balaban J connectivity index is 1.70. The van der Waals surface area contributed by atoms with E-state index in [1.807, 2.05) is 13.0 Å². The Morgan fingerprint density at radius 3 is 3.00 bits per heavy atom. The molecule has 1 aliphatic rings. The minimum atomic E-state index is -0.491. The Morgan fingerprint density at radius 1 is 1.48 bits per heavy atom. The van der Waals surface area contributed by atoms with Gasteiger partial charge in [0.05, 0.1) is 11.1 Å². The molecule has 1 N–H and O–H groups in total. The van der Waals surface area contributed by atoms with E-state index in [1.54, 1.807) is 11.3 Å². The smallest absolute Gasteiger partial charge is 0.241 e.